The number of hydrogen-bond donors (Lipinski definition) is 1. The second-order valence-electron chi connectivity index (χ2n) is 2.79. The molecule has 0 aliphatic carbocycles. The number of nitrogen functional groups attached to an aromatic ring is 1. The van der Waals surface area contributed by atoms with Crippen molar-refractivity contribution in [2.45, 2.75) is 0 Å². The average molecular weight is 280 g/mol. The molecule has 0 aromatic carbocycles. The maximum absolute atomic E-state index is 11.2. The van der Waals surface area contributed by atoms with Gasteiger partial charge < -0.3 is 5.73 Å². The van der Waals surface area contributed by atoms with Crippen LogP contribution in [0.4, 0.5) is 11.5 Å². The van der Waals surface area contributed by atoms with Crippen molar-refractivity contribution in [3.05, 3.63) is 16.7 Å². The van der Waals surface area contributed by atoms with Gasteiger partial charge in [0, 0.05) is 17.7 Å². The molecule has 0 fully saturated rings. The fraction of sp³-hybridized carbons (Fsp3) is 0.286. The van der Waals surface area contributed by atoms with Gasteiger partial charge in [0.15, 0.2) is 0 Å². The number of halogens is 1. The van der Waals surface area contributed by atoms with E-state index in [-0.39, 0.29) is 5.82 Å². The van der Waals surface area contributed by atoms with Crippen LogP contribution in [0.5, 0.6) is 0 Å². The smallest absolute Gasteiger partial charge is 0.232 e. The Hall–Kier alpha value is -0.820. The van der Waals surface area contributed by atoms with E-state index in [0.29, 0.717) is 10.2 Å². The molecule has 14 heavy (non-hydrogen) atoms. The quantitative estimate of drug-likeness (QED) is 0.870. The molecule has 0 aliphatic rings. The van der Waals surface area contributed by atoms with Gasteiger partial charge in [-0.25, -0.2) is 13.4 Å². The normalized spacial score (nSPS) is 11.4. The van der Waals surface area contributed by atoms with Crippen LogP contribution in [0.3, 0.4) is 0 Å². The Morgan fingerprint density at radius 1 is 1.57 bits per heavy atom. The highest BCUT2D eigenvalue weighted by molar-refractivity contribution is 9.10. The first kappa shape index (κ1) is 11.3. The maximum atomic E-state index is 11.2. The molecule has 0 aliphatic heterocycles. The molecule has 0 atom stereocenters. The summed E-state index contributed by atoms with van der Waals surface area (Å²) in [7, 11) is -1.88. The third-order valence-corrected chi connectivity index (χ3v) is 3.33. The molecule has 0 unspecified atom stereocenters. The molecule has 2 N–H and O–H groups in total. The predicted octanol–water partition coefficient (Wildman–Crippen LogP) is 0.822. The maximum Gasteiger partial charge on any atom is 0.232 e. The summed E-state index contributed by atoms with van der Waals surface area (Å²) in [6.45, 7) is 0. The lowest BCUT2D eigenvalue weighted by molar-refractivity contribution is 0.600. The molecule has 1 rings (SSSR count). The minimum absolute atomic E-state index is 0.182. The molecule has 0 spiro atoms. The SMILES string of the molecule is CN(c1cc(Br)cnc1N)S(C)(=O)=O. The van der Waals surface area contributed by atoms with E-state index >= 15 is 0 Å². The van der Waals surface area contributed by atoms with Crippen molar-refractivity contribution in [2.75, 3.05) is 23.3 Å². The van der Waals surface area contributed by atoms with E-state index < -0.39 is 10.0 Å². The van der Waals surface area contributed by atoms with Gasteiger partial charge in [0.05, 0.1) is 11.9 Å². The highest BCUT2D eigenvalue weighted by atomic mass is 79.9. The summed E-state index contributed by atoms with van der Waals surface area (Å²) in [4.78, 5) is 3.84. The third-order valence-electron chi connectivity index (χ3n) is 1.70. The molecule has 1 aromatic heterocycles. The zero-order chi connectivity index (χ0) is 10.9. The summed E-state index contributed by atoms with van der Waals surface area (Å²) < 4.78 is 24.2. The van der Waals surface area contributed by atoms with Crippen molar-refractivity contribution in [1.82, 2.24) is 4.98 Å². The van der Waals surface area contributed by atoms with Crippen LogP contribution in [-0.2, 0) is 10.0 Å². The van der Waals surface area contributed by atoms with Crippen molar-refractivity contribution in [2.24, 2.45) is 0 Å². The Balaban J connectivity index is 3.26. The van der Waals surface area contributed by atoms with E-state index in [1.807, 2.05) is 0 Å². The first-order chi connectivity index (χ1) is 6.32. The van der Waals surface area contributed by atoms with Crippen LogP contribution in [0.2, 0.25) is 0 Å². The van der Waals surface area contributed by atoms with Gasteiger partial charge >= 0.3 is 0 Å². The Morgan fingerprint density at radius 3 is 2.64 bits per heavy atom. The lowest BCUT2D eigenvalue weighted by Crippen LogP contribution is -2.26. The highest BCUT2D eigenvalue weighted by Gasteiger charge is 2.15. The summed E-state index contributed by atoms with van der Waals surface area (Å²) in [5, 5.41) is 0. The van der Waals surface area contributed by atoms with E-state index in [1.54, 1.807) is 6.07 Å². The zero-order valence-electron chi connectivity index (χ0n) is 7.73. The number of pyridine rings is 1. The second-order valence-corrected chi connectivity index (χ2v) is 5.72. The fourth-order valence-electron chi connectivity index (χ4n) is 0.870. The Bertz CT molecular complexity index is 446. The van der Waals surface area contributed by atoms with Gasteiger partial charge in [0.1, 0.15) is 5.82 Å². The summed E-state index contributed by atoms with van der Waals surface area (Å²) >= 11 is 3.19. The average Bonchev–Trinajstić information content (AvgIpc) is 2.06. The van der Waals surface area contributed by atoms with Crippen LogP contribution in [0.1, 0.15) is 0 Å². The van der Waals surface area contributed by atoms with Crippen molar-refractivity contribution in [1.29, 1.82) is 0 Å². The molecule has 0 radical (unpaired) electrons. The van der Waals surface area contributed by atoms with Crippen molar-refractivity contribution in [3.63, 3.8) is 0 Å². The molecule has 0 bridgehead atoms. The number of sulfonamides is 1. The molecule has 0 amide bonds. The lowest BCUT2D eigenvalue weighted by atomic mass is 10.4. The first-order valence-electron chi connectivity index (χ1n) is 3.67. The van der Waals surface area contributed by atoms with Crippen LogP contribution in [-0.4, -0.2) is 26.7 Å². The molecular weight excluding hydrogens is 270 g/mol. The van der Waals surface area contributed by atoms with Crippen molar-refractivity contribution < 1.29 is 8.42 Å². The van der Waals surface area contributed by atoms with E-state index in [2.05, 4.69) is 20.9 Å². The Labute approximate surface area is 91.1 Å². The molecule has 1 aromatic rings. The van der Waals surface area contributed by atoms with Crippen molar-refractivity contribution >= 4 is 37.5 Å². The molecule has 7 heteroatoms. The topological polar surface area (TPSA) is 76.3 Å². The van der Waals surface area contributed by atoms with Gasteiger partial charge in [-0.15, -0.1) is 0 Å². The molecule has 5 nitrogen and oxygen atoms in total. The molecule has 1 heterocycles. The third kappa shape index (κ3) is 2.36. The monoisotopic (exact) mass is 279 g/mol. The Kier molecular flexibility index (Phi) is 3.01. The van der Waals surface area contributed by atoms with Crippen LogP contribution in [0.15, 0.2) is 16.7 Å². The van der Waals surface area contributed by atoms with E-state index in [1.165, 1.54) is 13.2 Å². The van der Waals surface area contributed by atoms with Gasteiger partial charge in [0.2, 0.25) is 10.0 Å². The summed E-state index contributed by atoms with van der Waals surface area (Å²) in [6.07, 6.45) is 2.61. The predicted molar refractivity (Wildman–Crippen MR) is 59.6 cm³/mol. The number of rotatable bonds is 2. The minimum Gasteiger partial charge on any atom is -0.382 e. The number of nitrogens with zero attached hydrogens (tertiary/aromatic N) is 2. The zero-order valence-corrected chi connectivity index (χ0v) is 10.1. The molecule has 0 saturated carbocycles. The van der Waals surface area contributed by atoms with Crippen LogP contribution >= 0.6 is 15.9 Å². The molecule has 78 valence electrons. The highest BCUT2D eigenvalue weighted by Crippen LogP contribution is 2.25. The Morgan fingerprint density at radius 2 is 2.14 bits per heavy atom. The number of hydrogen-bond acceptors (Lipinski definition) is 4. The minimum atomic E-state index is -3.30. The number of nitrogens with two attached hydrogens (primary N) is 1. The number of aromatic nitrogens is 1. The van der Waals surface area contributed by atoms with Crippen LogP contribution < -0.4 is 10.0 Å². The van der Waals surface area contributed by atoms with Gasteiger partial charge in [-0.1, -0.05) is 0 Å². The van der Waals surface area contributed by atoms with Gasteiger partial charge in [-0.05, 0) is 22.0 Å². The van der Waals surface area contributed by atoms with Crippen LogP contribution in [0.25, 0.3) is 0 Å². The number of anilines is 2. The molecule has 0 saturated heterocycles. The van der Waals surface area contributed by atoms with E-state index in [9.17, 15) is 8.42 Å². The lowest BCUT2D eigenvalue weighted by Gasteiger charge is -2.17. The van der Waals surface area contributed by atoms with E-state index in [4.69, 9.17) is 5.73 Å². The van der Waals surface area contributed by atoms with Gasteiger partial charge in [-0.2, -0.15) is 0 Å². The van der Waals surface area contributed by atoms with E-state index in [0.717, 1.165) is 10.6 Å². The van der Waals surface area contributed by atoms with Gasteiger partial charge in [-0.3, -0.25) is 4.31 Å². The second kappa shape index (κ2) is 3.74. The standard InChI is InChI=1S/C7H10BrN3O2S/c1-11(14(2,12)13)6-3-5(8)4-10-7(6)9/h3-4H,1-2H3,(H2,9,10). The first-order valence-corrected chi connectivity index (χ1v) is 6.31. The largest absolute Gasteiger partial charge is 0.382 e. The summed E-state index contributed by atoms with van der Waals surface area (Å²) in [6, 6.07) is 1.60. The fourth-order valence-corrected chi connectivity index (χ4v) is 1.69. The van der Waals surface area contributed by atoms with Crippen molar-refractivity contribution in [3.8, 4) is 0 Å². The summed E-state index contributed by atoms with van der Waals surface area (Å²) in [5.74, 6) is 0.182. The van der Waals surface area contributed by atoms with Crippen LogP contribution in [0, 0.1) is 0 Å². The summed E-state index contributed by atoms with van der Waals surface area (Å²) in [5.41, 5.74) is 5.91. The molecular formula is C7H10BrN3O2S. The van der Waals surface area contributed by atoms with Gasteiger partial charge in [0.25, 0.3) is 0 Å².